The van der Waals surface area contributed by atoms with Crippen LogP contribution < -0.4 is 4.90 Å². The predicted molar refractivity (Wildman–Crippen MR) is 102 cm³/mol. The molecule has 1 heterocycles. The van der Waals surface area contributed by atoms with Gasteiger partial charge in [-0.3, -0.25) is 4.79 Å². The number of amides is 1. The molecule has 1 aliphatic rings. The van der Waals surface area contributed by atoms with Gasteiger partial charge < -0.3 is 9.80 Å². The number of carbonyl (C=O) groups excluding carboxylic acids is 1. The summed E-state index contributed by atoms with van der Waals surface area (Å²) in [6, 6.07) is 19.1. The van der Waals surface area contributed by atoms with Gasteiger partial charge in [-0.1, -0.05) is 35.9 Å². The van der Waals surface area contributed by atoms with Crippen molar-refractivity contribution in [1.82, 2.24) is 4.90 Å². The largest absolute Gasteiger partial charge is 0.365 e. The van der Waals surface area contributed by atoms with E-state index in [0.29, 0.717) is 11.8 Å². The Morgan fingerprint density at radius 2 is 1.79 bits per heavy atom. The smallest absolute Gasteiger partial charge is 0.233 e. The summed E-state index contributed by atoms with van der Waals surface area (Å²) in [6.07, 6.45) is 0. The van der Waals surface area contributed by atoms with Gasteiger partial charge in [-0.2, -0.15) is 0 Å². The van der Waals surface area contributed by atoms with Gasteiger partial charge in [0, 0.05) is 36.3 Å². The van der Waals surface area contributed by atoms with Crippen LogP contribution in [0.1, 0.15) is 12.5 Å². The number of carbonyl (C=O) groups is 1. The minimum Gasteiger partial charge on any atom is -0.365 e. The first-order chi connectivity index (χ1) is 11.6. The Bertz CT molecular complexity index is 672. The van der Waals surface area contributed by atoms with Crippen LogP contribution in [0.4, 0.5) is 5.69 Å². The fourth-order valence-corrected chi connectivity index (χ4v) is 3.88. The zero-order chi connectivity index (χ0) is 16.9. The lowest BCUT2D eigenvalue weighted by molar-refractivity contribution is -0.129. The van der Waals surface area contributed by atoms with Crippen molar-refractivity contribution in [3.05, 3.63) is 60.2 Å². The van der Waals surface area contributed by atoms with E-state index >= 15 is 0 Å². The maximum Gasteiger partial charge on any atom is 0.233 e. The molecule has 1 amide bonds. The van der Waals surface area contributed by atoms with Crippen LogP contribution in [0.5, 0.6) is 0 Å². The Kier molecular flexibility index (Phi) is 5.46. The maximum absolute atomic E-state index is 12.5. The van der Waals surface area contributed by atoms with Crippen LogP contribution in [0.15, 0.2) is 59.5 Å². The molecule has 0 radical (unpaired) electrons. The lowest BCUT2D eigenvalue weighted by Crippen LogP contribution is -2.54. The Labute approximate surface area is 148 Å². The fraction of sp³-hybridized carbons (Fsp3) is 0.350. The Morgan fingerprint density at radius 3 is 2.46 bits per heavy atom. The third-order valence-corrected chi connectivity index (χ3v) is 5.45. The summed E-state index contributed by atoms with van der Waals surface area (Å²) in [5.74, 6) is 0.751. The summed E-state index contributed by atoms with van der Waals surface area (Å²) in [4.78, 5) is 18.0. The maximum atomic E-state index is 12.5. The number of hydrogen-bond donors (Lipinski definition) is 0. The summed E-state index contributed by atoms with van der Waals surface area (Å²) in [7, 11) is 0. The molecular weight excluding hydrogens is 316 g/mol. The van der Waals surface area contributed by atoms with Gasteiger partial charge in [0.25, 0.3) is 0 Å². The molecule has 0 bridgehead atoms. The molecule has 0 spiro atoms. The van der Waals surface area contributed by atoms with Crippen molar-refractivity contribution in [2.75, 3.05) is 30.3 Å². The highest BCUT2D eigenvalue weighted by Crippen LogP contribution is 2.22. The zero-order valence-electron chi connectivity index (χ0n) is 14.3. The van der Waals surface area contributed by atoms with Crippen LogP contribution in [0.25, 0.3) is 0 Å². The number of anilines is 1. The van der Waals surface area contributed by atoms with Crippen molar-refractivity contribution in [2.24, 2.45) is 0 Å². The third kappa shape index (κ3) is 4.12. The quantitative estimate of drug-likeness (QED) is 0.791. The topological polar surface area (TPSA) is 23.6 Å². The monoisotopic (exact) mass is 340 g/mol. The molecular formula is C20H24N2OS. The number of hydrogen-bond acceptors (Lipinski definition) is 3. The summed E-state index contributed by atoms with van der Waals surface area (Å²) in [5, 5.41) is 0. The summed E-state index contributed by atoms with van der Waals surface area (Å²) < 4.78 is 0. The van der Waals surface area contributed by atoms with E-state index in [-0.39, 0.29) is 5.91 Å². The third-order valence-electron chi connectivity index (χ3n) is 4.45. The normalized spacial score (nSPS) is 17.8. The van der Waals surface area contributed by atoms with E-state index in [9.17, 15) is 4.79 Å². The molecule has 0 aromatic heterocycles. The Hall–Kier alpha value is -1.94. The average molecular weight is 340 g/mol. The number of piperazine rings is 1. The predicted octanol–water partition coefficient (Wildman–Crippen LogP) is 3.82. The van der Waals surface area contributed by atoms with Crippen LogP contribution in [0, 0.1) is 6.92 Å². The first-order valence-electron chi connectivity index (χ1n) is 8.42. The van der Waals surface area contributed by atoms with E-state index in [1.165, 1.54) is 11.3 Å². The van der Waals surface area contributed by atoms with E-state index in [0.717, 1.165) is 24.5 Å². The van der Waals surface area contributed by atoms with Crippen LogP contribution in [0.3, 0.4) is 0 Å². The molecule has 24 heavy (non-hydrogen) atoms. The van der Waals surface area contributed by atoms with Gasteiger partial charge in [0.15, 0.2) is 0 Å². The SMILES string of the molecule is Cc1ccc(N2CCN(C(=O)CSc3ccccc3)C[C@H]2C)cc1. The van der Waals surface area contributed by atoms with E-state index < -0.39 is 0 Å². The summed E-state index contributed by atoms with van der Waals surface area (Å²) in [6.45, 7) is 6.79. The first kappa shape index (κ1) is 16.9. The van der Waals surface area contributed by atoms with Gasteiger partial charge in [0.1, 0.15) is 0 Å². The Balaban J connectivity index is 1.54. The standard InChI is InChI=1S/C20H24N2OS/c1-16-8-10-18(11-9-16)22-13-12-21(14-17(22)2)20(23)15-24-19-6-4-3-5-7-19/h3-11,17H,12-15H2,1-2H3/t17-/m1/s1. The Morgan fingerprint density at radius 1 is 1.08 bits per heavy atom. The molecule has 2 aromatic rings. The van der Waals surface area contributed by atoms with Crippen molar-refractivity contribution < 1.29 is 4.79 Å². The van der Waals surface area contributed by atoms with Crippen LogP contribution in [0.2, 0.25) is 0 Å². The zero-order valence-corrected chi connectivity index (χ0v) is 15.1. The van der Waals surface area contributed by atoms with Gasteiger partial charge in [0.05, 0.1) is 5.75 Å². The molecule has 126 valence electrons. The second kappa shape index (κ2) is 7.75. The molecule has 1 saturated heterocycles. The number of thioether (sulfide) groups is 1. The lowest BCUT2D eigenvalue weighted by atomic mass is 10.1. The van der Waals surface area contributed by atoms with Gasteiger partial charge in [-0.25, -0.2) is 0 Å². The molecule has 2 aromatic carbocycles. The summed E-state index contributed by atoms with van der Waals surface area (Å²) >= 11 is 1.62. The molecule has 1 atom stereocenters. The van der Waals surface area contributed by atoms with Gasteiger partial charge in [-0.05, 0) is 38.1 Å². The molecule has 0 N–H and O–H groups in total. The number of aryl methyl sites for hydroxylation is 1. The van der Waals surface area contributed by atoms with Crippen molar-refractivity contribution in [2.45, 2.75) is 24.8 Å². The molecule has 1 fully saturated rings. The highest BCUT2D eigenvalue weighted by molar-refractivity contribution is 8.00. The molecule has 3 nitrogen and oxygen atoms in total. The number of rotatable bonds is 4. The fourth-order valence-electron chi connectivity index (χ4n) is 3.06. The molecule has 3 rings (SSSR count). The summed E-state index contributed by atoms with van der Waals surface area (Å²) in [5.41, 5.74) is 2.53. The second-order valence-electron chi connectivity index (χ2n) is 6.32. The molecule has 0 saturated carbocycles. The first-order valence-corrected chi connectivity index (χ1v) is 9.41. The van der Waals surface area contributed by atoms with E-state index in [4.69, 9.17) is 0 Å². The minimum absolute atomic E-state index is 0.235. The average Bonchev–Trinajstić information content (AvgIpc) is 2.61. The molecule has 1 aliphatic heterocycles. The van der Waals surface area contributed by atoms with Crippen LogP contribution >= 0.6 is 11.8 Å². The van der Waals surface area contributed by atoms with Gasteiger partial charge in [-0.15, -0.1) is 11.8 Å². The van der Waals surface area contributed by atoms with Crippen molar-refractivity contribution in [1.29, 1.82) is 0 Å². The number of nitrogens with zero attached hydrogens (tertiary/aromatic N) is 2. The highest BCUT2D eigenvalue weighted by Gasteiger charge is 2.26. The molecule has 0 aliphatic carbocycles. The lowest BCUT2D eigenvalue weighted by Gasteiger charge is -2.41. The van der Waals surface area contributed by atoms with Crippen LogP contribution in [-0.2, 0) is 4.79 Å². The minimum atomic E-state index is 0.235. The van der Waals surface area contributed by atoms with E-state index in [1.54, 1.807) is 11.8 Å². The number of benzene rings is 2. The van der Waals surface area contributed by atoms with Crippen molar-refractivity contribution in [3.8, 4) is 0 Å². The molecule has 0 unspecified atom stereocenters. The van der Waals surface area contributed by atoms with Crippen molar-refractivity contribution >= 4 is 23.4 Å². The highest BCUT2D eigenvalue weighted by atomic mass is 32.2. The second-order valence-corrected chi connectivity index (χ2v) is 7.37. The molecule has 4 heteroatoms. The van der Waals surface area contributed by atoms with E-state index in [1.807, 2.05) is 23.1 Å². The van der Waals surface area contributed by atoms with Crippen LogP contribution in [-0.4, -0.2) is 42.2 Å². The van der Waals surface area contributed by atoms with Crippen molar-refractivity contribution in [3.63, 3.8) is 0 Å². The van der Waals surface area contributed by atoms with Gasteiger partial charge in [0.2, 0.25) is 5.91 Å². The van der Waals surface area contributed by atoms with Gasteiger partial charge >= 0.3 is 0 Å². The van der Waals surface area contributed by atoms with E-state index in [2.05, 4.69) is 55.1 Å².